The number of aryl methyl sites for hydroxylation is 1. The summed E-state index contributed by atoms with van der Waals surface area (Å²) in [4.78, 5) is 6.53. The van der Waals surface area contributed by atoms with Crippen molar-refractivity contribution in [2.45, 2.75) is 38.5 Å². The van der Waals surface area contributed by atoms with E-state index >= 15 is 0 Å². The van der Waals surface area contributed by atoms with E-state index in [1.165, 1.54) is 0 Å². The van der Waals surface area contributed by atoms with Crippen LogP contribution in [-0.2, 0) is 6.54 Å². The maximum absolute atomic E-state index is 10.2. The van der Waals surface area contributed by atoms with Crippen LogP contribution < -0.4 is 0 Å². The average Bonchev–Trinajstić information content (AvgIpc) is 3.11. The Morgan fingerprint density at radius 1 is 1.50 bits per heavy atom. The predicted octanol–water partition coefficient (Wildman–Crippen LogP) is 0.773. The molecule has 0 aliphatic carbocycles. The van der Waals surface area contributed by atoms with Crippen LogP contribution in [0.4, 0.5) is 0 Å². The van der Waals surface area contributed by atoms with Gasteiger partial charge in [-0.15, -0.1) is 0 Å². The Labute approximate surface area is 117 Å². The third-order valence-electron chi connectivity index (χ3n) is 3.61. The minimum Gasteiger partial charge on any atom is -0.390 e. The van der Waals surface area contributed by atoms with Crippen LogP contribution in [0.2, 0.25) is 0 Å². The van der Waals surface area contributed by atoms with Crippen LogP contribution in [0, 0.1) is 6.92 Å². The van der Waals surface area contributed by atoms with Crippen LogP contribution in [0.15, 0.2) is 23.0 Å². The van der Waals surface area contributed by atoms with Crippen molar-refractivity contribution in [1.82, 2.24) is 24.8 Å². The van der Waals surface area contributed by atoms with Gasteiger partial charge in [0.1, 0.15) is 0 Å². The highest BCUT2D eigenvalue weighted by Gasteiger charge is 2.30. The lowest BCUT2D eigenvalue weighted by atomic mass is 10.2. The van der Waals surface area contributed by atoms with Crippen molar-refractivity contribution in [2.75, 3.05) is 13.1 Å². The third kappa shape index (κ3) is 2.88. The fraction of sp³-hybridized carbons (Fsp3) is 0.615. The molecule has 0 amide bonds. The fourth-order valence-electron chi connectivity index (χ4n) is 2.74. The first kappa shape index (κ1) is 13.3. The van der Waals surface area contributed by atoms with Crippen molar-refractivity contribution in [3.8, 4) is 0 Å². The molecule has 0 spiro atoms. The number of hydrogen-bond acceptors (Lipinski definition) is 6. The number of likely N-dealkylation sites (tertiary alicyclic amines) is 1. The smallest absolute Gasteiger partial charge is 0.223 e. The van der Waals surface area contributed by atoms with E-state index < -0.39 is 6.10 Å². The number of hydrogen-bond donors (Lipinski definition) is 1. The molecule has 0 aromatic carbocycles. The highest BCUT2D eigenvalue weighted by molar-refractivity contribution is 4.97. The van der Waals surface area contributed by atoms with E-state index in [2.05, 4.69) is 20.1 Å². The second-order valence-corrected chi connectivity index (χ2v) is 5.21. The monoisotopic (exact) mass is 277 g/mol. The third-order valence-corrected chi connectivity index (χ3v) is 3.61. The van der Waals surface area contributed by atoms with E-state index in [-0.39, 0.29) is 6.04 Å². The minimum atomic E-state index is -0.455. The summed E-state index contributed by atoms with van der Waals surface area (Å²) in [6.07, 6.45) is 5.21. The molecule has 0 unspecified atom stereocenters. The maximum Gasteiger partial charge on any atom is 0.223 e. The molecule has 1 aliphatic rings. The molecule has 1 aliphatic heterocycles. The van der Waals surface area contributed by atoms with E-state index in [1.807, 2.05) is 12.3 Å². The zero-order valence-electron chi connectivity index (χ0n) is 11.5. The number of β-amino-alcohol motifs (C(OH)–C–C–N with tert-alkyl or cyclic N) is 1. The molecular weight excluding hydrogens is 258 g/mol. The summed E-state index contributed by atoms with van der Waals surface area (Å²) in [5, 5.41) is 18.3. The fourth-order valence-corrected chi connectivity index (χ4v) is 2.74. The summed E-state index contributed by atoms with van der Waals surface area (Å²) >= 11 is 0. The van der Waals surface area contributed by atoms with Crippen molar-refractivity contribution in [3.05, 3.63) is 30.2 Å². The molecule has 1 fully saturated rings. The Kier molecular flexibility index (Phi) is 3.79. The highest BCUT2D eigenvalue weighted by Crippen LogP contribution is 2.30. The van der Waals surface area contributed by atoms with Gasteiger partial charge in [0.2, 0.25) is 5.89 Å². The van der Waals surface area contributed by atoms with Crippen LogP contribution in [0.1, 0.15) is 30.6 Å². The first-order valence-electron chi connectivity index (χ1n) is 6.92. The molecule has 3 heterocycles. The van der Waals surface area contributed by atoms with Crippen molar-refractivity contribution in [1.29, 1.82) is 0 Å². The standard InChI is InChI=1S/C13H19N5O2/c1-10-15-13(16-20-10)12-4-2-6-17(12)8-11(19)9-18-7-3-5-14-18/h3,5,7,11-12,19H,2,4,6,8-9H2,1H3/t11-,12+/m0/s1. The maximum atomic E-state index is 10.2. The SMILES string of the molecule is Cc1nc([C@H]2CCCN2C[C@H](O)Cn2cccn2)no1. The Morgan fingerprint density at radius 3 is 3.10 bits per heavy atom. The van der Waals surface area contributed by atoms with Gasteiger partial charge in [0, 0.05) is 25.9 Å². The van der Waals surface area contributed by atoms with Crippen molar-refractivity contribution in [2.24, 2.45) is 0 Å². The van der Waals surface area contributed by atoms with Crippen molar-refractivity contribution >= 4 is 0 Å². The normalized spacial score (nSPS) is 21.4. The van der Waals surface area contributed by atoms with Crippen molar-refractivity contribution < 1.29 is 9.63 Å². The number of aliphatic hydroxyl groups excluding tert-OH is 1. The van der Waals surface area contributed by atoms with Gasteiger partial charge >= 0.3 is 0 Å². The lowest BCUT2D eigenvalue weighted by molar-refractivity contribution is 0.0869. The molecule has 1 N–H and O–H groups in total. The molecule has 2 aromatic heterocycles. The summed E-state index contributed by atoms with van der Waals surface area (Å²) in [6, 6.07) is 2.01. The second kappa shape index (κ2) is 5.72. The summed E-state index contributed by atoms with van der Waals surface area (Å²) < 4.78 is 6.80. The second-order valence-electron chi connectivity index (χ2n) is 5.21. The Balaban J connectivity index is 1.61. The number of nitrogens with zero attached hydrogens (tertiary/aromatic N) is 5. The molecule has 1 saturated heterocycles. The number of aliphatic hydroxyl groups is 1. The van der Waals surface area contributed by atoms with E-state index in [0.717, 1.165) is 25.2 Å². The van der Waals surface area contributed by atoms with Gasteiger partial charge in [0.05, 0.1) is 18.7 Å². The summed E-state index contributed by atoms with van der Waals surface area (Å²) in [5.41, 5.74) is 0. The van der Waals surface area contributed by atoms with Gasteiger partial charge in [-0.2, -0.15) is 10.1 Å². The zero-order chi connectivity index (χ0) is 13.9. The highest BCUT2D eigenvalue weighted by atomic mass is 16.5. The first-order chi connectivity index (χ1) is 9.72. The van der Waals surface area contributed by atoms with Crippen molar-refractivity contribution in [3.63, 3.8) is 0 Å². The molecule has 0 radical (unpaired) electrons. The molecule has 2 aromatic rings. The Bertz CT molecular complexity index is 539. The van der Waals surface area contributed by atoms with Gasteiger partial charge in [-0.1, -0.05) is 5.16 Å². The lowest BCUT2D eigenvalue weighted by Gasteiger charge is -2.24. The van der Waals surface area contributed by atoms with Crippen LogP contribution in [0.3, 0.4) is 0 Å². The van der Waals surface area contributed by atoms with Gasteiger partial charge in [0.25, 0.3) is 0 Å². The van der Waals surface area contributed by atoms with Gasteiger partial charge in [0.15, 0.2) is 5.82 Å². The van der Waals surface area contributed by atoms with E-state index in [4.69, 9.17) is 4.52 Å². The molecular formula is C13H19N5O2. The molecule has 0 saturated carbocycles. The average molecular weight is 277 g/mol. The van der Waals surface area contributed by atoms with Crippen LogP contribution in [0.25, 0.3) is 0 Å². The zero-order valence-corrected chi connectivity index (χ0v) is 11.5. The quantitative estimate of drug-likeness (QED) is 0.869. The molecule has 7 heteroatoms. The van der Waals surface area contributed by atoms with E-state index in [9.17, 15) is 5.11 Å². The molecule has 7 nitrogen and oxygen atoms in total. The molecule has 108 valence electrons. The van der Waals surface area contributed by atoms with E-state index in [0.29, 0.717) is 19.0 Å². The number of rotatable bonds is 5. The minimum absolute atomic E-state index is 0.153. The van der Waals surface area contributed by atoms with E-state index in [1.54, 1.807) is 17.8 Å². The molecule has 2 atom stereocenters. The Morgan fingerprint density at radius 2 is 2.40 bits per heavy atom. The molecule has 0 bridgehead atoms. The first-order valence-corrected chi connectivity index (χ1v) is 6.92. The number of aromatic nitrogens is 4. The van der Waals surface area contributed by atoms with Gasteiger partial charge in [-0.3, -0.25) is 9.58 Å². The molecule has 3 rings (SSSR count). The summed E-state index contributed by atoms with van der Waals surface area (Å²) in [7, 11) is 0. The largest absolute Gasteiger partial charge is 0.390 e. The van der Waals surface area contributed by atoms with Crippen LogP contribution in [-0.4, -0.2) is 49.1 Å². The van der Waals surface area contributed by atoms with Crippen LogP contribution in [0.5, 0.6) is 0 Å². The summed E-state index contributed by atoms with van der Waals surface area (Å²) in [5.74, 6) is 1.32. The van der Waals surface area contributed by atoms with Gasteiger partial charge < -0.3 is 9.63 Å². The Hall–Kier alpha value is -1.73. The molecule has 20 heavy (non-hydrogen) atoms. The van der Waals surface area contributed by atoms with Gasteiger partial charge in [-0.05, 0) is 25.5 Å². The predicted molar refractivity (Wildman–Crippen MR) is 70.8 cm³/mol. The van der Waals surface area contributed by atoms with Gasteiger partial charge in [-0.25, -0.2) is 0 Å². The lowest BCUT2D eigenvalue weighted by Crippen LogP contribution is -2.34. The topological polar surface area (TPSA) is 80.2 Å². The summed E-state index contributed by atoms with van der Waals surface area (Å²) in [6.45, 7) is 3.84. The van der Waals surface area contributed by atoms with Crippen LogP contribution >= 0.6 is 0 Å².